The molecule has 0 saturated carbocycles. The van der Waals surface area contributed by atoms with Gasteiger partial charge in [0.1, 0.15) is 0 Å². The van der Waals surface area contributed by atoms with Crippen molar-refractivity contribution >= 4 is 39.7 Å². The molecule has 1 aliphatic heterocycles. The number of nitro benzene ring substituents is 1. The van der Waals surface area contributed by atoms with Crippen LogP contribution in [0.3, 0.4) is 0 Å². The Hall–Kier alpha value is -0.348. The van der Waals surface area contributed by atoms with Crippen LogP contribution < -0.4 is 4.90 Å². The molecule has 2 aromatic carbocycles. The fourth-order valence-corrected chi connectivity index (χ4v) is 3.14. The molecule has 0 aliphatic carbocycles. The molecule has 0 bridgehead atoms. The number of hydrogen-bond acceptors (Lipinski definition) is 3. The maximum atomic E-state index is 11.8. The van der Waals surface area contributed by atoms with Gasteiger partial charge in [-0.2, -0.15) is 0 Å². The maximum absolute atomic E-state index is 11.8. The zero-order valence-electron chi connectivity index (χ0n) is 15.3. The molecule has 26 heavy (non-hydrogen) atoms. The Labute approximate surface area is 199 Å². The number of carbonyl (C=O) groups is 1. The molecule has 0 fully saturated rings. The monoisotopic (exact) mass is 621 g/mol. The van der Waals surface area contributed by atoms with E-state index < -0.39 is 4.92 Å². The number of carbonyl (C=O) groups excluding carboxylic acids is 1. The van der Waals surface area contributed by atoms with Crippen molar-refractivity contribution in [2.75, 3.05) is 17.3 Å². The van der Waals surface area contributed by atoms with Gasteiger partial charge in [0.15, 0.2) is 5.69 Å². The smallest absolute Gasteiger partial charge is 0.222 e. The first-order valence-electron chi connectivity index (χ1n) is 7.51. The van der Waals surface area contributed by atoms with E-state index in [1.54, 1.807) is 12.1 Å². The normalized spacial score (nSPS) is 14.0. The number of halogens is 1. The minimum absolute atomic E-state index is 0. The van der Waals surface area contributed by atoms with E-state index in [9.17, 15) is 14.9 Å². The number of benzene rings is 2. The standard InChI is InChI=1S/C15H12ClN2O3.C2H6.CH3.W.Y/c1-9(19)17-8-10(7-16)15-12-5-3-2-4-11(12)13(18(20)21)6-14(15)17;1-2;;;/h2-5,10H,7-8H2,1H3;1-2H3;1H3;;/q-1;;-1;;. The number of rotatable bonds is 2. The number of nitro groups is 1. The number of hydrogen-bond donors (Lipinski definition) is 0. The summed E-state index contributed by atoms with van der Waals surface area (Å²) in [5.41, 5.74) is 1.26. The van der Waals surface area contributed by atoms with Crippen molar-refractivity contribution in [3.8, 4) is 0 Å². The Bertz CT molecular complexity index is 773. The topological polar surface area (TPSA) is 63.5 Å². The van der Waals surface area contributed by atoms with E-state index in [0.717, 1.165) is 10.9 Å². The number of alkyl halides is 1. The first-order valence-corrected chi connectivity index (χ1v) is 8.04. The Balaban J connectivity index is 0. The van der Waals surface area contributed by atoms with Crippen LogP contribution in [0.5, 0.6) is 0 Å². The van der Waals surface area contributed by atoms with Gasteiger partial charge in [0.2, 0.25) is 5.91 Å². The maximum Gasteiger partial charge on any atom is 0.222 e. The number of nitrogens with zero attached hydrogens (tertiary/aromatic N) is 2. The van der Waals surface area contributed by atoms with E-state index in [4.69, 9.17) is 11.6 Å². The summed E-state index contributed by atoms with van der Waals surface area (Å²) < 4.78 is 0. The van der Waals surface area contributed by atoms with Crippen molar-refractivity contribution in [1.82, 2.24) is 0 Å². The van der Waals surface area contributed by atoms with Gasteiger partial charge in [-0.15, -0.1) is 28.6 Å². The fraction of sp³-hybridized carbons (Fsp3) is 0.333. The van der Waals surface area contributed by atoms with Gasteiger partial charge in [0, 0.05) is 78.0 Å². The van der Waals surface area contributed by atoms with Crippen LogP contribution in [-0.4, -0.2) is 23.3 Å². The molecule has 1 aliphatic rings. The summed E-state index contributed by atoms with van der Waals surface area (Å²) in [7, 11) is 0. The third kappa shape index (κ3) is 5.13. The van der Waals surface area contributed by atoms with Crippen molar-refractivity contribution in [1.29, 1.82) is 0 Å². The fourth-order valence-electron chi connectivity index (χ4n) is 2.88. The molecule has 0 spiro atoms. The Morgan fingerprint density at radius 3 is 2.35 bits per heavy atom. The van der Waals surface area contributed by atoms with Crippen LogP contribution in [-0.2, 0) is 58.6 Å². The summed E-state index contributed by atoms with van der Waals surface area (Å²) in [6.45, 7) is 5.88. The number of amides is 1. The van der Waals surface area contributed by atoms with Crippen LogP contribution in [0, 0.1) is 23.6 Å². The van der Waals surface area contributed by atoms with E-state index in [0.29, 0.717) is 23.5 Å². The van der Waals surface area contributed by atoms with Gasteiger partial charge in [0.05, 0.1) is 0 Å². The van der Waals surface area contributed by atoms with Crippen LogP contribution in [0.2, 0.25) is 0 Å². The SMILES string of the molecule is CC.CC(=O)N1CC(CCl)c2c1[c-]c([N+](=O)[O-])c1ccccc21.[CH3-].[W].[Y]. The van der Waals surface area contributed by atoms with E-state index >= 15 is 0 Å². The second-order valence-corrected chi connectivity index (χ2v) is 5.33. The number of non-ortho nitro benzene ring substituents is 1. The van der Waals surface area contributed by atoms with Crippen molar-refractivity contribution in [2.45, 2.75) is 26.7 Å². The summed E-state index contributed by atoms with van der Waals surface area (Å²) in [6, 6.07) is 9.92. The average Bonchev–Trinajstić information content (AvgIpc) is 2.95. The minimum atomic E-state index is -0.463. The number of anilines is 1. The Morgan fingerprint density at radius 2 is 1.88 bits per heavy atom. The zero-order chi connectivity index (χ0) is 17.1. The zero-order valence-corrected chi connectivity index (χ0v) is 21.8. The molecule has 2 aromatic rings. The molecule has 0 saturated heterocycles. The first-order chi connectivity index (χ1) is 11.0. The van der Waals surface area contributed by atoms with E-state index in [-0.39, 0.29) is 78.7 Å². The van der Waals surface area contributed by atoms with Crippen molar-refractivity contribution in [2.24, 2.45) is 0 Å². The van der Waals surface area contributed by atoms with Gasteiger partial charge in [-0.05, 0) is 5.92 Å². The Morgan fingerprint density at radius 1 is 1.35 bits per heavy atom. The van der Waals surface area contributed by atoms with Crippen molar-refractivity contribution in [3.63, 3.8) is 0 Å². The summed E-state index contributed by atoms with van der Waals surface area (Å²) >= 11 is 6.02. The van der Waals surface area contributed by atoms with Crippen molar-refractivity contribution in [3.05, 3.63) is 53.4 Å². The second kappa shape index (κ2) is 12.2. The molecule has 1 heterocycles. The third-order valence-corrected chi connectivity index (χ3v) is 4.17. The molecule has 8 heteroatoms. The second-order valence-electron chi connectivity index (χ2n) is 5.02. The largest absolute Gasteiger partial charge is 0.358 e. The van der Waals surface area contributed by atoms with Gasteiger partial charge in [-0.1, -0.05) is 49.2 Å². The average molecular weight is 622 g/mol. The van der Waals surface area contributed by atoms with Crippen LogP contribution in [0.4, 0.5) is 11.4 Å². The molecule has 3 rings (SSSR count). The molecular formula is C18H21ClN2O3WY-2. The molecule has 1 amide bonds. The van der Waals surface area contributed by atoms with Gasteiger partial charge >= 0.3 is 0 Å². The molecule has 0 N–H and O–H groups in total. The molecule has 5 nitrogen and oxygen atoms in total. The predicted octanol–water partition coefficient (Wildman–Crippen LogP) is 4.71. The van der Waals surface area contributed by atoms with Crippen LogP contribution in [0.25, 0.3) is 10.8 Å². The molecule has 1 atom stereocenters. The van der Waals surface area contributed by atoms with Crippen LogP contribution in [0.15, 0.2) is 24.3 Å². The number of fused-ring (bicyclic) bond motifs is 3. The third-order valence-electron chi connectivity index (χ3n) is 3.79. The van der Waals surface area contributed by atoms with Gasteiger partial charge in [-0.25, -0.2) is 0 Å². The van der Waals surface area contributed by atoms with Gasteiger partial charge in [-0.3, -0.25) is 14.9 Å². The van der Waals surface area contributed by atoms with Gasteiger partial charge < -0.3 is 12.3 Å². The summed E-state index contributed by atoms with van der Waals surface area (Å²) in [5.74, 6) is 0.157. The van der Waals surface area contributed by atoms with E-state index in [2.05, 4.69) is 6.07 Å². The predicted molar refractivity (Wildman–Crippen MR) is 98.7 cm³/mol. The summed E-state index contributed by atoms with van der Waals surface area (Å²) in [4.78, 5) is 24.1. The molecular weight excluding hydrogens is 600 g/mol. The molecule has 1 radical (unpaired) electrons. The van der Waals surface area contributed by atoms with Crippen LogP contribution in [0.1, 0.15) is 32.3 Å². The van der Waals surface area contributed by atoms with Gasteiger partial charge in [0.25, 0.3) is 0 Å². The Kier molecular flexibility index (Phi) is 13.1. The quantitative estimate of drug-likeness (QED) is 0.211. The van der Waals surface area contributed by atoms with E-state index in [1.165, 1.54) is 11.8 Å². The molecule has 0 aromatic heterocycles. The van der Waals surface area contributed by atoms with Crippen molar-refractivity contribution < 1.29 is 63.5 Å². The molecule has 139 valence electrons. The van der Waals surface area contributed by atoms with Crippen LogP contribution >= 0.6 is 11.6 Å². The summed E-state index contributed by atoms with van der Waals surface area (Å²) in [5, 5.41) is 12.6. The minimum Gasteiger partial charge on any atom is -0.358 e. The van der Waals surface area contributed by atoms with E-state index in [1.807, 2.05) is 26.0 Å². The summed E-state index contributed by atoms with van der Waals surface area (Å²) in [6.07, 6.45) is 0. The molecule has 1 unspecified atom stereocenters. The first kappa shape index (κ1) is 27.9.